The van der Waals surface area contributed by atoms with Crippen LogP contribution in [0.3, 0.4) is 0 Å². The maximum Gasteiger partial charge on any atom is 0.238 e. The summed E-state index contributed by atoms with van der Waals surface area (Å²) in [5, 5.41) is 12.6. The van der Waals surface area contributed by atoms with Crippen molar-refractivity contribution in [2.24, 2.45) is 10.1 Å². The Balaban J connectivity index is 1.49. The number of benzene rings is 2. The van der Waals surface area contributed by atoms with Gasteiger partial charge >= 0.3 is 0 Å². The molecule has 28 heavy (non-hydrogen) atoms. The van der Waals surface area contributed by atoms with E-state index in [1.807, 2.05) is 18.2 Å². The molecule has 1 aliphatic rings. The molecule has 1 fully saturated rings. The third-order valence-corrected chi connectivity index (χ3v) is 6.23. The fourth-order valence-electron chi connectivity index (χ4n) is 3.18. The minimum atomic E-state index is -3.65. The standard InChI is InChI=1S/C20H25ClN4O2S/c1-23-19(24-12-9-15-5-7-18(8-6-15)28(22,26)27)25-14-20(10-11-20)16-3-2-4-17(21)13-16/h2-8,13H,9-12,14H2,1H3,(H2,22,26,27)(H2,23,24,25). The first-order valence-corrected chi connectivity index (χ1v) is 11.1. The molecule has 0 spiro atoms. The van der Waals surface area contributed by atoms with E-state index in [-0.39, 0.29) is 10.3 Å². The molecule has 0 amide bonds. The molecular formula is C20H25ClN4O2S. The first kappa shape index (κ1) is 20.6. The Bertz CT molecular complexity index is 954. The van der Waals surface area contributed by atoms with Crippen LogP contribution in [-0.2, 0) is 21.9 Å². The number of hydrogen-bond acceptors (Lipinski definition) is 3. The highest BCUT2D eigenvalue weighted by molar-refractivity contribution is 7.89. The van der Waals surface area contributed by atoms with Crippen LogP contribution in [0.2, 0.25) is 5.02 Å². The van der Waals surface area contributed by atoms with E-state index in [1.54, 1.807) is 19.2 Å². The topological polar surface area (TPSA) is 96.6 Å². The maximum absolute atomic E-state index is 11.3. The van der Waals surface area contributed by atoms with Crippen LogP contribution < -0.4 is 15.8 Å². The number of nitrogens with one attached hydrogen (secondary N) is 2. The normalized spacial score (nSPS) is 15.9. The second-order valence-electron chi connectivity index (χ2n) is 7.08. The van der Waals surface area contributed by atoms with Crippen molar-refractivity contribution in [3.05, 3.63) is 64.7 Å². The van der Waals surface area contributed by atoms with Crippen LogP contribution in [0.1, 0.15) is 24.0 Å². The van der Waals surface area contributed by atoms with Crippen LogP contribution >= 0.6 is 11.6 Å². The number of primary sulfonamides is 1. The molecule has 2 aromatic carbocycles. The molecule has 1 aliphatic carbocycles. The highest BCUT2D eigenvalue weighted by Crippen LogP contribution is 2.48. The smallest absolute Gasteiger partial charge is 0.238 e. The van der Waals surface area contributed by atoms with E-state index in [9.17, 15) is 8.42 Å². The van der Waals surface area contributed by atoms with Gasteiger partial charge in [-0.25, -0.2) is 13.6 Å². The fraction of sp³-hybridized carbons (Fsp3) is 0.350. The fourth-order valence-corrected chi connectivity index (χ4v) is 3.89. The van der Waals surface area contributed by atoms with Gasteiger partial charge in [0.1, 0.15) is 0 Å². The van der Waals surface area contributed by atoms with Gasteiger partial charge in [-0.3, -0.25) is 4.99 Å². The Morgan fingerprint density at radius 2 is 1.89 bits per heavy atom. The number of sulfonamides is 1. The number of halogens is 1. The molecule has 0 aromatic heterocycles. The summed E-state index contributed by atoms with van der Waals surface area (Å²) < 4.78 is 22.6. The number of guanidine groups is 1. The van der Waals surface area contributed by atoms with Gasteiger partial charge in [-0.2, -0.15) is 0 Å². The molecule has 0 radical (unpaired) electrons. The van der Waals surface area contributed by atoms with E-state index in [0.29, 0.717) is 6.54 Å². The molecule has 0 unspecified atom stereocenters. The minimum Gasteiger partial charge on any atom is -0.356 e. The summed E-state index contributed by atoms with van der Waals surface area (Å²) in [5.41, 5.74) is 2.41. The summed E-state index contributed by atoms with van der Waals surface area (Å²) in [4.78, 5) is 4.40. The summed E-state index contributed by atoms with van der Waals surface area (Å²) >= 11 is 6.13. The van der Waals surface area contributed by atoms with Gasteiger partial charge in [0, 0.05) is 30.6 Å². The van der Waals surface area contributed by atoms with Gasteiger partial charge in [0.15, 0.2) is 5.96 Å². The highest BCUT2D eigenvalue weighted by Gasteiger charge is 2.44. The van der Waals surface area contributed by atoms with E-state index in [2.05, 4.69) is 21.7 Å². The molecule has 8 heteroatoms. The van der Waals surface area contributed by atoms with Crippen LogP contribution in [0.25, 0.3) is 0 Å². The van der Waals surface area contributed by atoms with Gasteiger partial charge in [0.05, 0.1) is 4.90 Å². The molecule has 2 aromatic rings. The first-order chi connectivity index (χ1) is 13.3. The highest BCUT2D eigenvalue weighted by atomic mass is 35.5. The number of nitrogens with zero attached hydrogens (tertiary/aromatic N) is 1. The molecule has 0 atom stereocenters. The molecule has 1 saturated carbocycles. The second-order valence-corrected chi connectivity index (χ2v) is 9.08. The lowest BCUT2D eigenvalue weighted by molar-refractivity contribution is 0.598. The van der Waals surface area contributed by atoms with Gasteiger partial charge in [0.25, 0.3) is 0 Å². The molecule has 4 N–H and O–H groups in total. The van der Waals surface area contributed by atoms with Crippen molar-refractivity contribution in [2.45, 2.75) is 29.6 Å². The number of rotatable bonds is 7. The molecule has 0 saturated heterocycles. The van der Waals surface area contributed by atoms with E-state index >= 15 is 0 Å². The predicted octanol–water partition coefficient (Wildman–Crippen LogP) is 2.43. The number of nitrogens with two attached hydrogens (primary N) is 1. The number of aliphatic imine (C=N–C) groups is 1. The molecule has 3 rings (SSSR count). The monoisotopic (exact) mass is 420 g/mol. The first-order valence-electron chi connectivity index (χ1n) is 9.15. The van der Waals surface area contributed by atoms with Crippen molar-refractivity contribution >= 4 is 27.6 Å². The van der Waals surface area contributed by atoms with E-state index in [1.165, 1.54) is 17.7 Å². The largest absolute Gasteiger partial charge is 0.356 e. The minimum absolute atomic E-state index is 0.123. The maximum atomic E-state index is 11.3. The molecule has 0 aliphatic heterocycles. The van der Waals surface area contributed by atoms with Crippen LogP contribution in [0.4, 0.5) is 0 Å². The van der Waals surface area contributed by atoms with Crippen molar-refractivity contribution in [2.75, 3.05) is 20.1 Å². The lowest BCUT2D eigenvalue weighted by atomic mass is 9.96. The Kier molecular flexibility index (Phi) is 6.27. The Morgan fingerprint density at radius 3 is 2.46 bits per heavy atom. The third-order valence-electron chi connectivity index (χ3n) is 5.07. The quantitative estimate of drug-likeness (QED) is 0.473. The lowest BCUT2D eigenvalue weighted by Gasteiger charge is -2.19. The Morgan fingerprint density at radius 1 is 1.18 bits per heavy atom. The predicted molar refractivity (Wildman–Crippen MR) is 113 cm³/mol. The average molecular weight is 421 g/mol. The lowest BCUT2D eigenvalue weighted by Crippen LogP contribution is -2.41. The Labute approximate surface area is 171 Å². The third kappa shape index (κ3) is 5.25. The van der Waals surface area contributed by atoms with Crippen LogP contribution in [0, 0.1) is 0 Å². The summed E-state index contributed by atoms with van der Waals surface area (Å²) in [5.74, 6) is 0.745. The summed E-state index contributed by atoms with van der Waals surface area (Å²) in [6, 6.07) is 14.7. The molecule has 0 heterocycles. The summed E-state index contributed by atoms with van der Waals surface area (Å²) in [7, 11) is -1.91. The van der Waals surface area contributed by atoms with Crippen molar-refractivity contribution in [3.63, 3.8) is 0 Å². The number of hydrogen-bond donors (Lipinski definition) is 3. The van der Waals surface area contributed by atoms with Crippen molar-refractivity contribution < 1.29 is 8.42 Å². The van der Waals surface area contributed by atoms with Crippen molar-refractivity contribution in [3.8, 4) is 0 Å². The zero-order chi connectivity index (χ0) is 20.2. The van der Waals surface area contributed by atoms with E-state index in [0.717, 1.165) is 42.4 Å². The van der Waals surface area contributed by atoms with E-state index in [4.69, 9.17) is 16.7 Å². The summed E-state index contributed by atoms with van der Waals surface area (Å²) in [6.45, 7) is 1.48. The van der Waals surface area contributed by atoms with Gasteiger partial charge < -0.3 is 10.6 Å². The molecule has 150 valence electrons. The van der Waals surface area contributed by atoms with E-state index < -0.39 is 10.0 Å². The van der Waals surface area contributed by atoms with Crippen LogP contribution in [-0.4, -0.2) is 34.5 Å². The van der Waals surface area contributed by atoms with Crippen LogP contribution in [0.15, 0.2) is 58.4 Å². The van der Waals surface area contributed by atoms with Crippen molar-refractivity contribution in [1.82, 2.24) is 10.6 Å². The SMILES string of the molecule is CN=C(NCCc1ccc(S(N)(=O)=O)cc1)NCC1(c2cccc(Cl)c2)CC1. The van der Waals surface area contributed by atoms with Crippen LogP contribution in [0.5, 0.6) is 0 Å². The van der Waals surface area contributed by atoms with Gasteiger partial charge in [-0.15, -0.1) is 0 Å². The molecule has 6 nitrogen and oxygen atoms in total. The van der Waals surface area contributed by atoms with Gasteiger partial charge in [-0.05, 0) is 54.7 Å². The zero-order valence-electron chi connectivity index (χ0n) is 15.8. The van der Waals surface area contributed by atoms with Gasteiger partial charge in [0.2, 0.25) is 10.0 Å². The molecule has 0 bridgehead atoms. The second kappa shape index (κ2) is 8.51. The average Bonchev–Trinajstić information content (AvgIpc) is 3.45. The molecular weight excluding hydrogens is 396 g/mol. The summed E-state index contributed by atoms with van der Waals surface area (Å²) in [6.07, 6.45) is 3.01. The zero-order valence-corrected chi connectivity index (χ0v) is 17.4. The van der Waals surface area contributed by atoms with Gasteiger partial charge in [-0.1, -0.05) is 35.9 Å². The Hall–Kier alpha value is -2.09. The van der Waals surface area contributed by atoms with Crippen molar-refractivity contribution in [1.29, 1.82) is 0 Å².